The Labute approximate surface area is 125 Å². The van der Waals surface area contributed by atoms with Crippen LogP contribution in [0.4, 0.5) is 5.69 Å². The van der Waals surface area contributed by atoms with E-state index in [2.05, 4.69) is 0 Å². The minimum atomic E-state index is -3.48. The fourth-order valence-electron chi connectivity index (χ4n) is 1.91. The smallest absolute Gasteiger partial charge is 0.269 e. The van der Waals surface area contributed by atoms with Crippen molar-refractivity contribution < 1.29 is 13.3 Å². The number of hydrogen-bond donors (Lipinski definition) is 0. The molecule has 1 atom stereocenters. The van der Waals surface area contributed by atoms with Crippen molar-refractivity contribution in [3.63, 3.8) is 0 Å². The molecular weight excluding hydrogens is 294 g/mol. The summed E-state index contributed by atoms with van der Waals surface area (Å²) in [6.07, 6.45) is 0. The first kappa shape index (κ1) is 17.5. The van der Waals surface area contributed by atoms with E-state index in [1.165, 1.54) is 24.3 Å². The van der Waals surface area contributed by atoms with Gasteiger partial charge in [-0.3, -0.25) is 10.1 Å². The summed E-state index contributed by atoms with van der Waals surface area (Å²) in [6.45, 7) is 0.610. The largest absolute Gasteiger partial charge is 0.308 e. The highest BCUT2D eigenvalue weighted by atomic mass is 32.2. The second-order valence-electron chi connectivity index (χ2n) is 5.41. The van der Waals surface area contributed by atoms with Crippen LogP contribution in [-0.2, 0) is 9.84 Å². The zero-order valence-corrected chi connectivity index (χ0v) is 13.5. The summed E-state index contributed by atoms with van der Waals surface area (Å²) in [7, 11) is 3.95. The van der Waals surface area contributed by atoms with E-state index in [0.29, 0.717) is 6.54 Å². The average molecular weight is 315 g/mol. The highest BCUT2D eigenvalue weighted by Gasteiger charge is 2.24. The van der Waals surface area contributed by atoms with Crippen LogP contribution in [0.15, 0.2) is 29.2 Å². The first-order valence-electron chi connectivity index (χ1n) is 6.42. The van der Waals surface area contributed by atoms with Crippen molar-refractivity contribution in [2.75, 3.05) is 40.5 Å². The number of nitrogens with zero attached hydrogens (tertiary/aromatic N) is 3. The van der Waals surface area contributed by atoms with E-state index in [1.54, 1.807) is 0 Å². The molecule has 0 amide bonds. The maximum absolute atomic E-state index is 12.4. The molecule has 0 bridgehead atoms. The van der Waals surface area contributed by atoms with Gasteiger partial charge in [-0.1, -0.05) is 0 Å². The molecule has 0 fully saturated rings. The van der Waals surface area contributed by atoms with Crippen molar-refractivity contribution in [3.05, 3.63) is 34.4 Å². The van der Waals surface area contributed by atoms with Crippen LogP contribution >= 0.6 is 0 Å². The number of rotatable bonds is 7. The van der Waals surface area contributed by atoms with Gasteiger partial charge in [0.1, 0.15) is 0 Å². The Morgan fingerprint density at radius 3 is 2.05 bits per heavy atom. The van der Waals surface area contributed by atoms with Crippen molar-refractivity contribution in [3.8, 4) is 0 Å². The van der Waals surface area contributed by atoms with Crippen LogP contribution in [0.3, 0.4) is 0 Å². The van der Waals surface area contributed by atoms with Crippen LogP contribution in [0.5, 0.6) is 0 Å². The second-order valence-corrected chi connectivity index (χ2v) is 7.45. The lowest BCUT2D eigenvalue weighted by Gasteiger charge is -2.27. The fourth-order valence-corrected chi connectivity index (χ4v) is 3.56. The summed E-state index contributed by atoms with van der Waals surface area (Å²) in [5, 5.41) is 10.6. The van der Waals surface area contributed by atoms with Gasteiger partial charge in [0, 0.05) is 24.7 Å². The van der Waals surface area contributed by atoms with Gasteiger partial charge in [-0.25, -0.2) is 8.42 Å². The Hall–Kier alpha value is -1.51. The fraction of sp³-hybridized carbons (Fsp3) is 0.538. The molecule has 0 saturated carbocycles. The molecule has 0 spiro atoms. The SMILES string of the molecule is CN(C)CC(CS(=O)(=O)c1ccc([N+](=O)[O-])cc1)N(C)C. The summed E-state index contributed by atoms with van der Waals surface area (Å²) in [5.74, 6) is -0.0318. The monoisotopic (exact) mass is 315 g/mol. The molecule has 0 saturated heterocycles. The third kappa shape index (κ3) is 5.07. The van der Waals surface area contributed by atoms with Gasteiger partial charge < -0.3 is 9.80 Å². The van der Waals surface area contributed by atoms with Crippen LogP contribution < -0.4 is 0 Å². The molecule has 0 aromatic heterocycles. The third-order valence-corrected chi connectivity index (χ3v) is 4.94. The third-order valence-electron chi connectivity index (χ3n) is 3.12. The Morgan fingerprint density at radius 1 is 1.14 bits per heavy atom. The molecule has 1 rings (SSSR count). The van der Waals surface area contributed by atoms with Gasteiger partial charge in [0.25, 0.3) is 5.69 Å². The highest BCUT2D eigenvalue weighted by Crippen LogP contribution is 2.18. The zero-order valence-electron chi connectivity index (χ0n) is 12.7. The number of likely N-dealkylation sites (N-methyl/N-ethyl adjacent to an activating group) is 2. The molecule has 0 aliphatic heterocycles. The van der Waals surface area contributed by atoms with E-state index in [4.69, 9.17) is 0 Å². The molecule has 0 aliphatic carbocycles. The van der Waals surface area contributed by atoms with Gasteiger partial charge in [0.15, 0.2) is 9.84 Å². The number of nitro groups is 1. The highest BCUT2D eigenvalue weighted by molar-refractivity contribution is 7.91. The molecular formula is C13H21N3O4S. The molecule has 1 unspecified atom stereocenters. The first-order valence-corrected chi connectivity index (χ1v) is 8.07. The lowest BCUT2D eigenvalue weighted by atomic mass is 10.3. The van der Waals surface area contributed by atoms with E-state index < -0.39 is 14.8 Å². The van der Waals surface area contributed by atoms with Crippen LogP contribution in [0.1, 0.15) is 0 Å². The minimum absolute atomic E-state index is 0.0318. The zero-order chi connectivity index (χ0) is 16.2. The summed E-state index contributed by atoms with van der Waals surface area (Å²) < 4.78 is 24.8. The molecule has 118 valence electrons. The van der Waals surface area contributed by atoms with Crippen molar-refractivity contribution in [1.82, 2.24) is 9.80 Å². The van der Waals surface area contributed by atoms with Gasteiger partial charge in [-0.05, 0) is 40.3 Å². The normalized spacial score (nSPS) is 13.6. The molecule has 1 aromatic rings. The average Bonchev–Trinajstić information content (AvgIpc) is 2.37. The van der Waals surface area contributed by atoms with E-state index in [1.807, 2.05) is 38.0 Å². The van der Waals surface area contributed by atoms with Crippen LogP contribution in [0, 0.1) is 10.1 Å². The predicted molar refractivity (Wildman–Crippen MR) is 81.2 cm³/mol. The molecule has 0 aliphatic rings. The first-order chi connectivity index (χ1) is 9.63. The van der Waals surface area contributed by atoms with Gasteiger partial charge in [0.05, 0.1) is 15.6 Å². The summed E-state index contributed by atoms with van der Waals surface area (Å²) in [5.41, 5.74) is -0.119. The predicted octanol–water partition coefficient (Wildman–Crippen LogP) is 0.860. The molecule has 21 heavy (non-hydrogen) atoms. The lowest BCUT2D eigenvalue weighted by Crippen LogP contribution is -2.42. The summed E-state index contributed by atoms with van der Waals surface area (Å²) >= 11 is 0. The van der Waals surface area contributed by atoms with Crippen molar-refractivity contribution in [2.45, 2.75) is 10.9 Å². The lowest BCUT2D eigenvalue weighted by molar-refractivity contribution is -0.384. The standard InChI is InChI=1S/C13H21N3O4S/c1-14(2)9-12(15(3)4)10-21(19,20)13-7-5-11(6-8-13)16(17)18/h5-8,12H,9-10H2,1-4H3. The van der Waals surface area contributed by atoms with Gasteiger partial charge >= 0.3 is 0 Å². The number of nitro benzene ring substituents is 1. The number of sulfone groups is 1. The molecule has 7 nitrogen and oxygen atoms in total. The van der Waals surface area contributed by atoms with E-state index in [9.17, 15) is 18.5 Å². The van der Waals surface area contributed by atoms with Gasteiger partial charge in [0.2, 0.25) is 0 Å². The topological polar surface area (TPSA) is 83.8 Å². The van der Waals surface area contributed by atoms with Crippen LogP contribution in [0.2, 0.25) is 0 Å². The molecule has 0 radical (unpaired) electrons. The van der Waals surface area contributed by atoms with E-state index >= 15 is 0 Å². The van der Waals surface area contributed by atoms with Crippen LogP contribution in [0.25, 0.3) is 0 Å². The Morgan fingerprint density at radius 2 is 1.67 bits per heavy atom. The second kappa shape index (κ2) is 6.97. The molecule has 0 N–H and O–H groups in total. The van der Waals surface area contributed by atoms with Gasteiger partial charge in [-0.15, -0.1) is 0 Å². The Bertz CT molecular complexity index is 582. The minimum Gasteiger partial charge on any atom is -0.308 e. The van der Waals surface area contributed by atoms with Crippen molar-refractivity contribution in [1.29, 1.82) is 0 Å². The van der Waals surface area contributed by atoms with E-state index in [-0.39, 0.29) is 22.4 Å². The maximum atomic E-state index is 12.4. The number of non-ortho nitro benzene ring substituents is 1. The summed E-state index contributed by atoms with van der Waals surface area (Å²) in [6, 6.07) is 4.85. The molecule has 0 heterocycles. The Balaban J connectivity index is 2.96. The van der Waals surface area contributed by atoms with E-state index in [0.717, 1.165) is 0 Å². The van der Waals surface area contributed by atoms with Gasteiger partial charge in [-0.2, -0.15) is 0 Å². The Kier molecular flexibility index (Phi) is 5.82. The van der Waals surface area contributed by atoms with Crippen molar-refractivity contribution in [2.24, 2.45) is 0 Å². The number of benzene rings is 1. The maximum Gasteiger partial charge on any atom is 0.269 e. The van der Waals surface area contributed by atoms with Crippen LogP contribution in [-0.4, -0.2) is 69.7 Å². The number of hydrogen-bond acceptors (Lipinski definition) is 6. The molecule has 8 heteroatoms. The molecule has 1 aromatic carbocycles. The van der Waals surface area contributed by atoms with Crippen molar-refractivity contribution >= 4 is 15.5 Å². The summed E-state index contributed by atoms with van der Waals surface area (Å²) in [4.78, 5) is 13.9. The quantitative estimate of drug-likeness (QED) is 0.548.